The Bertz CT molecular complexity index is 1310. The Hall–Kier alpha value is -2.63. The number of benzene rings is 1. The van der Waals surface area contributed by atoms with Crippen LogP contribution < -0.4 is 5.32 Å². The molecule has 0 bridgehead atoms. The molecular formula is C23H27FN4O4S2. The third kappa shape index (κ3) is 4.91. The number of sulfonamides is 1. The number of hydrogen-bond donors (Lipinski definition) is 1. The highest BCUT2D eigenvalue weighted by atomic mass is 32.2. The van der Waals surface area contributed by atoms with E-state index in [1.807, 2.05) is 13.8 Å². The molecule has 1 amide bonds. The Labute approximate surface area is 202 Å². The van der Waals surface area contributed by atoms with Crippen LogP contribution in [0.2, 0.25) is 0 Å². The van der Waals surface area contributed by atoms with Gasteiger partial charge in [-0.3, -0.25) is 4.79 Å². The molecule has 4 rings (SSSR count). The van der Waals surface area contributed by atoms with Gasteiger partial charge in [0.1, 0.15) is 5.82 Å². The van der Waals surface area contributed by atoms with Crippen LogP contribution in [0.4, 0.5) is 10.1 Å². The first kappa shape index (κ1) is 24.5. The van der Waals surface area contributed by atoms with Gasteiger partial charge in [0.05, 0.1) is 9.77 Å². The van der Waals surface area contributed by atoms with E-state index in [2.05, 4.69) is 15.5 Å². The highest BCUT2D eigenvalue weighted by molar-refractivity contribution is 7.89. The van der Waals surface area contributed by atoms with Crippen LogP contribution in [-0.2, 0) is 14.8 Å². The van der Waals surface area contributed by atoms with E-state index in [4.69, 9.17) is 4.52 Å². The van der Waals surface area contributed by atoms with E-state index in [0.717, 1.165) is 0 Å². The quantitative estimate of drug-likeness (QED) is 0.519. The van der Waals surface area contributed by atoms with Gasteiger partial charge in [-0.25, -0.2) is 12.8 Å². The number of thiophene rings is 1. The second-order valence-corrected chi connectivity index (χ2v) is 11.9. The first-order chi connectivity index (χ1) is 16.1. The molecule has 0 radical (unpaired) electrons. The number of anilines is 1. The number of piperidine rings is 1. The molecule has 0 saturated carbocycles. The van der Waals surface area contributed by atoms with Crippen molar-refractivity contribution in [1.29, 1.82) is 0 Å². The maximum atomic E-state index is 13.3. The fourth-order valence-corrected chi connectivity index (χ4v) is 6.86. The van der Waals surface area contributed by atoms with E-state index < -0.39 is 10.0 Å². The van der Waals surface area contributed by atoms with Crippen LogP contribution in [0.25, 0.3) is 10.7 Å². The number of nitrogens with one attached hydrogen (secondary N) is 1. The summed E-state index contributed by atoms with van der Waals surface area (Å²) in [7, 11) is -3.72. The number of carbonyl (C=O) groups is 1. The van der Waals surface area contributed by atoms with Gasteiger partial charge in [-0.05, 0) is 56.5 Å². The largest absolute Gasteiger partial charge is 0.339 e. The Balaban J connectivity index is 1.43. The smallest absolute Gasteiger partial charge is 0.244 e. The third-order valence-electron chi connectivity index (χ3n) is 5.92. The molecule has 182 valence electrons. The lowest BCUT2D eigenvalue weighted by Crippen LogP contribution is -2.41. The van der Waals surface area contributed by atoms with Gasteiger partial charge in [0.2, 0.25) is 27.6 Å². The number of carbonyl (C=O) groups excluding carboxylic acids is 1. The van der Waals surface area contributed by atoms with Crippen LogP contribution in [0.15, 0.2) is 33.7 Å². The lowest BCUT2D eigenvalue weighted by atomic mass is 9.97. The predicted molar refractivity (Wildman–Crippen MR) is 128 cm³/mol. The SMILES string of the molecule is Cc1cc(F)ccc1NC(=O)C1CCN(S(=O)(=O)c2cc(-c3noc(C(C)C)n3)sc2C)CC1. The number of nitrogens with zero attached hydrogens (tertiary/aromatic N) is 3. The molecule has 8 nitrogen and oxygen atoms in total. The van der Waals surface area contributed by atoms with Crippen molar-refractivity contribution in [3.63, 3.8) is 0 Å². The number of aryl methyl sites for hydroxylation is 2. The lowest BCUT2D eigenvalue weighted by Gasteiger charge is -2.30. The summed E-state index contributed by atoms with van der Waals surface area (Å²) in [6, 6.07) is 5.79. The summed E-state index contributed by atoms with van der Waals surface area (Å²) >= 11 is 1.31. The van der Waals surface area contributed by atoms with Crippen molar-refractivity contribution in [3.8, 4) is 10.7 Å². The Morgan fingerprint density at radius 3 is 2.56 bits per heavy atom. The van der Waals surface area contributed by atoms with Crippen LogP contribution in [0.1, 0.15) is 48.9 Å². The molecule has 1 aromatic carbocycles. The molecule has 1 fully saturated rings. The molecule has 1 saturated heterocycles. The number of rotatable bonds is 6. The van der Waals surface area contributed by atoms with Gasteiger partial charge in [-0.1, -0.05) is 19.0 Å². The zero-order valence-corrected chi connectivity index (χ0v) is 21.1. The van der Waals surface area contributed by atoms with Crippen LogP contribution >= 0.6 is 11.3 Å². The number of amides is 1. The highest BCUT2D eigenvalue weighted by Crippen LogP contribution is 2.35. The molecule has 0 atom stereocenters. The average Bonchev–Trinajstić information content (AvgIpc) is 3.43. The number of aromatic nitrogens is 2. The van der Waals surface area contributed by atoms with Crippen LogP contribution in [0.3, 0.4) is 0 Å². The van der Waals surface area contributed by atoms with Crippen molar-refractivity contribution in [2.24, 2.45) is 5.92 Å². The summed E-state index contributed by atoms with van der Waals surface area (Å²) < 4.78 is 46.7. The molecule has 1 aliphatic rings. The minimum absolute atomic E-state index is 0.0796. The summed E-state index contributed by atoms with van der Waals surface area (Å²) in [5.41, 5.74) is 1.20. The van der Waals surface area contributed by atoms with E-state index >= 15 is 0 Å². The van der Waals surface area contributed by atoms with Crippen molar-refractivity contribution in [2.45, 2.75) is 51.3 Å². The van der Waals surface area contributed by atoms with Gasteiger partial charge in [-0.15, -0.1) is 11.3 Å². The summed E-state index contributed by atoms with van der Waals surface area (Å²) in [5.74, 6) is 0.102. The number of hydrogen-bond acceptors (Lipinski definition) is 7. The van der Waals surface area contributed by atoms with Crippen LogP contribution in [-0.4, -0.2) is 41.9 Å². The van der Waals surface area contributed by atoms with E-state index in [1.54, 1.807) is 19.9 Å². The maximum absolute atomic E-state index is 13.3. The third-order valence-corrected chi connectivity index (χ3v) is 9.12. The van der Waals surface area contributed by atoms with E-state index in [9.17, 15) is 17.6 Å². The van der Waals surface area contributed by atoms with Gasteiger partial charge < -0.3 is 9.84 Å². The minimum atomic E-state index is -3.72. The van der Waals surface area contributed by atoms with Crippen LogP contribution in [0, 0.1) is 25.6 Å². The Kier molecular flexibility index (Phi) is 6.88. The van der Waals surface area contributed by atoms with Crippen molar-refractivity contribution < 1.29 is 22.1 Å². The standard InChI is InChI=1S/C23H27FN4O4S2/c1-13(2)23-26-21(27-32-23)19-12-20(15(4)33-19)34(30,31)28-9-7-16(8-10-28)22(29)25-18-6-5-17(24)11-14(18)3/h5-6,11-13,16H,7-10H2,1-4H3,(H,25,29). The molecule has 1 aliphatic heterocycles. The van der Waals surface area contributed by atoms with Crippen molar-refractivity contribution in [3.05, 3.63) is 46.4 Å². The fourth-order valence-electron chi connectivity index (χ4n) is 3.90. The topological polar surface area (TPSA) is 105 Å². The summed E-state index contributed by atoms with van der Waals surface area (Å²) in [6.07, 6.45) is 0.813. The molecule has 1 N–H and O–H groups in total. The van der Waals surface area contributed by atoms with Crippen molar-refractivity contribution in [1.82, 2.24) is 14.4 Å². The molecule has 2 aromatic heterocycles. The van der Waals surface area contributed by atoms with Crippen molar-refractivity contribution in [2.75, 3.05) is 18.4 Å². The molecule has 3 aromatic rings. The van der Waals surface area contributed by atoms with Crippen LogP contribution in [0.5, 0.6) is 0 Å². The normalized spacial score (nSPS) is 15.7. The number of halogens is 1. The van der Waals surface area contributed by atoms with Gasteiger partial charge in [-0.2, -0.15) is 9.29 Å². The zero-order valence-electron chi connectivity index (χ0n) is 19.5. The maximum Gasteiger partial charge on any atom is 0.244 e. The predicted octanol–water partition coefficient (Wildman–Crippen LogP) is 4.72. The Morgan fingerprint density at radius 1 is 1.24 bits per heavy atom. The summed E-state index contributed by atoms with van der Waals surface area (Å²) in [4.78, 5) is 18.6. The Morgan fingerprint density at radius 2 is 1.94 bits per heavy atom. The average molecular weight is 507 g/mol. The summed E-state index contributed by atoms with van der Waals surface area (Å²) in [5, 5.41) is 6.82. The van der Waals surface area contributed by atoms with E-state index in [0.29, 0.717) is 45.6 Å². The highest BCUT2D eigenvalue weighted by Gasteiger charge is 2.34. The second-order valence-electron chi connectivity index (χ2n) is 8.77. The fraction of sp³-hybridized carbons (Fsp3) is 0.435. The molecule has 0 aliphatic carbocycles. The van der Waals surface area contributed by atoms with Gasteiger partial charge in [0.25, 0.3) is 0 Å². The van der Waals surface area contributed by atoms with Gasteiger partial charge >= 0.3 is 0 Å². The van der Waals surface area contributed by atoms with Gasteiger partial charge in [0, 0.05) is 35.5 Å². The molecular weight excluding hydrogens is 479 g/mol. The summed E-state index contributed by atoms with van der Waals surface area (Å²) in [6.45, 7) is 7.86. The zero-order chi connectivity index (χ0) is 24.6. The molecule has 0 unspecified atom stereocenters. The van der Waals surface area contributed by atoms with E-state index in [-0.39, 0.29) is 41.5 Å². The minimum Gasteiger partial charge on any atom is -0.339 e. The first-order valence-electron chi connectivity index (χ1n) is 11.1. The lowest BCUT2D eigenvalue weighted by molar-refractivity contribution is -0.120. The van der Waals surface area contributed by atoms with Gasteiger partial charge in [0.15, 0.2) is 0 Å². The molecule has 3 heterocycles. The van der Waals surface area contributed by atoms with E-state index in [1.165, 1.54) is 33.8 Å². The first-order valence-corrected chi connectivity index (χ1v) is 13.3. The molecule has 34 heavy (non-hydrogen) atoms. The van der Waals surface area contributed by atoms with Crippen molar-refractivity contribution >= 4 is 33.0 Å². The molecule has 0 spiro atoms. The monoisotopic (exact) mass is 506 g/mol. The second kappa shape index (κ2) is 9.55. The molecule has 11 heteroatoms.